The average Bonchev–Trinajstić information content (AvgIpc) is 2.40. The molecule has 0 fully saturated rings. The van der Waals surface area contributed by atoms with Crippen molar-refractivity contribution in [3.05, 3.63) is 53.6 Å². The van der Waals surface area contributed by atoms with Crippen LogP contribution in [0.3, 0.4) is 0 Å². The van der Waals surface area contributed by atoms with Crippen LogP contribution in [0, 0.1) is 6.92 Å². The van der Waals surface area contributed by atoms with Gasteiger partial charge in [-0.15, -0.1) is 0 Å². The third-order valence-corrected chi connectivity index (χ3v) is 3.73. The van der Waals surface area contributed by atoms with E-state index in [9.17, 15) is 4.79 Å². The van der Waals surface area contributed by atoms with Crippen molar-refractivity contribution >= 4 is 23.4 Å². The number of ether oxygens (including phenoxy) is 1. The second-order valence-electron chi connectivity index (χ2n) is 4.16. The number of aryl methyl sites for hydroxylation is 1. The van der Waals surface area contributed by atoms with Crippen molar-refractivity contribution in [3.8, 4) is 0 Å². The number of anilines is 1. The Hall–Kier alpha value is -1.94. The molecule has 0 saturated heterocycles. The number of methoxy groups -OCH3 is 1. The molecule has 2 aromatic rings. The minimum Gasteiger partial charge on any atom is -0.465 e. The van der Waals surface area contributed by atoms with Crippen molar-refractivity contribution in [2.45, 2.75) is 16.7 Å². The molecule has 0 unspecified atom stereocenters. The van der Waals surface area contributed by atoms with Gasteiger partial charge in [-0.2, -0.15) is 0 Å². The minimum absolute atomic E-state index is 0.376. The maximum atomic E-state index is 11.4. The Kier molecular flexibility index (Phi) is 4.12. The quantitative estimate of drug-likeness (QED) is 0.686. The smallest absolute Gasteiger partial charge is 0.337 e. The first-order chi connectivity index (χ1) is 9.10. The van der Waals surface area contributed by atoms with Gasteiger partial charge in [-0.25, -0.2) is 4.79 Å². The van der Waals surface area contributed by atoms with E-state index in [-0.39, 0.29) is 5.97 Å². The predicted octanol–water partition coefficient (Wildman–Crippen LogP) is 3.52. The normalized spacial score (nSPS) is 10.2. The zero-order valence-corrected chi connectivity index (χ0v) is 11.7. The molecule has 2 rings (SSSR count). The van der Waals surface area contributed by atoms with Crippen LogP contribution in [0.1, 0.15) is 15.9 Å². The minimum atomic E-state index is -0.376. The number of hydrogen-bond donors (Lipinski definition) is 1. The van der Waals surface area contributed by atoms with E-state index in [4.69, 9.17) is 5.73 Å². The van der Waals surface area contributed by atoms with Crippen molar-refractivity contribution in [1.29, 1.82) is 0 Å². The van der Waals surface area contributed by atoms with Gasteiger partial charge in [0.25, 0.3) is 0 Å². The third-order valence-electron chi connectivity index (χ3n) is 2.65. The SMILES string of the molecule is COC(=O)c1ccc(Sc2cccc(C)c2)c(N)c1. The van der Waals surface area contributed by atoms with E-state index >= 15 is 0 Å². The van der Waals surface area contributed by atoms with E-state index in [1.54, 1.807) is 23.9 Å². The van der Waals surface area contributed by atoms with Crippen LogP contribution in [0.4, 0.5) is 5.69 Å². The fraction of sp³-hybridized carbons (Fsp3) is 0.133. The Labute approximate surface area is 116 Å². The molecule has 98 valence electrons. The van der Waals surface area contributed by atoms with Crippen LogP contribution < -0.4 is 5.73 Å². The summed E-state index contributed by atoms with van der Waals surface area (Å²) in [4.78, 5) is 13.4. The summed E-state index contributed by atoms with van der Waals surface area (Å²) in [6, 6.07) is 13.4. The van der Waals surface area contributed by atoms with Crippen LogP contribution in [-0.2, 0) is 4.74 Å². The van der Waals surface area contributed by atoms with Crippen LogP contribution in [0.5, 0.6) is 0 Å². The molecule has 19 heavy (non-hydrogen) atoms. The van der Waals surface area contributed by atoms with Gasteiger partial charge in [0.2, 0.25) is 0 Å². The Morgan fingerprint density at radius 2 is 2.00 bits per heavy atom. The molecule has 2 N–H and O–H groups in total. The number of benzene rings is 2. The largest absolute Gasteiger partial charge is 0.465 e. The maximum absolute atomic E-state index is 11.4. The van der Waals surface area contributed by atoms with Crippen LogP contribution in [0.2, 0.25) is 0 Å². The average molecular weight is 273 g/mol. The highest BCUT2D eigenvalue weighted by molar-refractivity contribution is 7.99. The topological polar surface area (TPSA) is 52.3 Å². The Balaban J connectivity index is 2.24. The standard InChI is InChI=1S/C15H15NO2S/c1-10-4-3-5-12(8-10)19-14-7-6-11(9-13(14)16)15(17)18-2/h3-9H,16H2,1-2H3. The number of nitrogens with two attached hydrogens (primary N) is 1. The number of esters is 1. The molecular formula is C15H15NO2S. The lowest BCUT2D eigenvalue weighted by Crippen LogP contribution is -2.02. The van der Waals surface area contributed by atoms with Gasteiger partial charge in [-0.1, -0.05) is 29.5 Å². The molecule has 0 saturated carbocycles. The van der Waals surface area contributed by atoms with E-state index in [1.165, 1.54) is 12.7 Å². The lowest BCUT2D eigenvalue weighted by molar-refractivity contribution is 0.0600. The van der Waals surface area contributed by atoms with Gasteiger partial charge in [0.15, 0.2) is 0 Å². The van der Waals surface area contributed by atoms with Crippen molar-refractivity contribution in [2.75, 3.05) is 12.8 Å². The van der Waals surface area contributed by atoms with Gasteiger partial charge >= 0.3 is 5.97 Å². The van der Waals surface area contributed by atoms with Crippen LogP contribution >= 0.6 is 11.8 Å². The second kappa shape index (κ2) is 5.80. The molecule has 0 bridgehead atoms. The van der Waals surface area contributed by atoms with Gasteiger partial charge in [0.05, 0.1) is 12.7 Å². The molecule has 0 aromatic heterocycles. The molecule has 0 aliphatic carbocycles. The molecule has 0 atom stereocenters. The first-order valence-corrected chi connectivity index (χ1v) is 6.64. The van der Waals surface area contributed by atoms with Crippen molar-refractivity contribution in [3.63, 3.8) is 0 Å². The Morgan fingerprint density at radius 3 is 2.63 bits per heavy atom. The predicted molar refractivity (Wildman–Crippen MR) is 77.5 cm³/mol. The first-order valence-electron chi connectivity index (χ1n) is 5.82. The number of hydrogen-bond acceptors (Lipinski definition) is 4. The summed E-state index contributed by atoms with van der Waals surface area (Å²) in [6.45, 7) is 2.05. The first kappa shape index (κ1) is 13.5. The van der Waals surface area contributed by atoms with Crippen molar-refractivity contribution in [1.82, 2.24) is 0 Å². The van der Waals surface area contributed by atoms with Gasteiger partial charge in [0.1, 0.15) is 0 Å². The Morgan fingerprint density at radius 1 is 1.21 bits per heavy atom. The van der Waals surface area contributed by atoms with Crippen LogP contribution in [0.25, 0.3) is 0 Å². The van der Waals surface area contributed by atoms with E-state index in [1.807, 2.05) is 31.2 Å². The van der Waals surface area contributed by atoms with Crippen molar-refractivity contribution in [2.24, 2.45) is 0 Å². The number of carbonyl (C=O) groups is 1. The molecule has 2 aromatic carbocycles. The fourth-order valence-corrected chi connectivity index (χ4v) is 2.65. The third kappa shape index (κ3) is 3.29. The van der Waals surface area contributed by atoms with E-state index in [0.29, 0.717) is 11.3 Å². The zero-order valence-electron chi connectivity index (χ0n) is 10.8. The van der Waals surface area contributed by atoms with Gasteiger partial charge in [0, 0.05) is 15.5 Å². The second-order valence-corrected chi connectivity index (χ2v) is 5.28. The molecule has 0 aliphatic rings. The molecule has 3 nitrogen and oxygen atoms in total. The van der Waals surface area contributed by atoms with Crippen LogP contribution in [0.15, 0.2) is 52.3 Å². The number of nitrogen functional groups attached to an aromatic ring is 1. The summed E-state index contributed by atoms with van der Waals surface area (Å²) in [7, 11) is 1.36. The highest BCUT2D eigenvalue weighted by atomic mass is 32.2. The summed E-state index contributed by atoms with van der Waals surface area (Å²) in [5.41, 5.74) is 8.22. The zero-order chi connectivity index (χ0) is 13.8. The highest BCUT2D eigenvalue weighted by Crippen LogP contribution is 2.32. The summed E-state index contributed by atoms with van der Waals surface area (Å²) in [6.07, 6.45) is 0. The maximum Gasteiger partial charge on any atom is 0.337 e. The monoisotopic (exact) mass is 273 g/mol. The summed E-state index contributed by atoms with van der Waals surface area (Å²) < 4.78 is 4.66. The lowest BCUT2D eigenvalue weighted by Gasteiger charge is -2.07. The van der Waals surface area contributed by atoms with Gasteiger partial charge < -0.3 is 10.5 Å². The fourth-order valence-electron chi connectivity index (χ4n) is 1.69. The molecule has 0 spiro atoms. The van der Waals surface area contributed by atoms with Gasteiger partial charge in [-0.05, 0) is 37.3 Å². The molecule has 0 aliphatic heterocycles. The van der Waals surface area contributed by atoms with Crippen molar-refractivity contribution < 1.29 is 9.53 Å². The van der Waals surface area contributed by atoms with E-state index in [0.717, 1.165) is 9.79 Å². The molecule has 0 radical (unpaired) electrons. The van der Waals surface area contributed by atoms with Gasteiger partial charge in [-0.3, -0.25) is 0 Å². The molecular weight excluding hydrogens is 258 g/mol. The van der Waals surface area contributed by atoms with Crippen LogP contribution in [-0.4, -0.2) is 13.1 Å². The highest BCUT2D eigenvalue weighted by Gasteiger charge is 2.09. The van der Waals surface area contributed by atoms with E-state index < -0.39 is 0 Å². The number of carbonyl (C=O) groups excluding carboxylic acids is 1. The summed E-state index contributed by atoms with van der Waals surface area (Å²) >= 11 is 1.58. The molecule has 0 amide bonds. The summed E-state index contributed by atoms with van der Waals surface area (Å²) in [5, 5.41) is 0. The summed E-state index contributed by atoms with van der Waals surface area (Å²) in [5.74, 6) is -0.376. The Bertz CT molecular complexity index is 611. The molecule has 0 heterocycles. The lowest BCUT2D eigenvalue weighted by atomic mass is 10.2. The molecule has 4 heteroatoms. The van der Waals surface area contributed by atoms with E-state index in [2.05, 4.69) is 10.8 Å². The number of rotatable bonds is 3.